The lowest BCUT2D eigenvalue weighted by Gasteiger charge is -2.29. The van der Waals surface area contributed by atoms with Gasteiger partial charge >= 0.3 is 0 Å². The lowest BCUT2D eigenvalue weighted by molar-refractivity contribution is -0.384. The number of nitro benzene ring substituents is 1. The monoisotopic (exact) mass is 523 g/mol. The number of non-ortho nitro benzene ring substituents is 1. The highest BCUT2D eigenvalue weighted by molar-refractivity contribution is 9.10. The number of amides is 2. The predicted molar refractivity (Wildman–Crippen MR) is 126 cm³/mol. The Hall–Kier alpha value is -3.76. The zero-order valence-electron chi connectivity index (χ0n) is 17.8. The summed E-state index contributed by atoms with van der Waals surface area (Å²) >= 11 is 3.48. The number of halogens is 1. The van der Waals surface area contributed by atoms with Gasteiger partial charge in [-0.05, 0) is 42.5 Å². The van der Waals surface area contributed by atoms with Gasteiger partial charge in [-0.15, -0.1) is 0 Å². The van der Waals surface area contributed by atoms with Crippen molar-refractivity contribution in [3.8, 4) is 5.75 Å². The molecule has 2 aliphatic heterocycles. The van der Waals surface area contributed by atoms with Crippen LogP contribution in [0.25, 0.3) is 0 Å². The van der Waals surface area contributed by atoms with Crippen molar-refractivity contribution in [2.45, 2.75) is 12.1 Å². The van der Waals surface area contributed by atoms with Gasteiger partial charge in [0.05, 0.1) is 29.4 Å². The van der Waals surface area contributed by atoms with Crippen molar-refractivity contribution in [2.75, 3.05) is 17.1 Å². The Morgan fingerprint density at radius 1 is 0.971 bits per heavy atom. The van der Waals surface area contributed by atoms with Crippen molar-refractivity contribution in [1.29, 1.82) is 0 Å². The van der Waals surface area contributed by atoms with Crippen molar-refractivity contribution in [3.05, 3.63) is 92.9 Å². The summed E-state index contributed by atoms with van der Waals surface area (Å²) in [5.74, 6) is -1.28. The average molecular weight is 524 g/mol. The number of methoxy groups -OCH3 is 1. The highest BCUT2D eigenvalue weighted by Gasteiger charge is 2.60. The largest absolute Gasteiger partial charge is 0.496 e. The van der Waals surface area contributed by atoms with Crippen LogP contribution < -0.4 is 14.7 Å². The van der Waals surface area contributed by atoms with E-state index in [0.717, 1.165) is 9.37 Å². The van der Waals surface area contributed by atoms with E-state index < -0.39 is 34.8 Å². The normalized spacial score (nSPS) is 21.6. The van der Waals surface area contributed by atoms with Crippen LogP contribution in [0.1, 0.15) is 11.6 Å². The molecule has 0 aliphatic carbocycles. The molecule has 2 saturated heterocycles. The molecule has 9 nitrogen and oxygen atoms in total. The summed E-state index contributed by atoms with van der Waals surface area (Å²) in [6.07, 6.45) is -1.06. The third-order valence-electron chi connectivity index (χ3n) is 5.96. The highest BCUT2D eigenvalue weighted by Crippen LogP contribution is 2.50. The molecule has 5 rings (SSSR count). The molecule has 0 saturated carbocycles. The molecule has 0 N–H and O–H groups in total. The van der Waals surface area contributed by atoms with Crippen LogP contribution in [0.5, 0.6) is 5.75 Å². The van der Waals surface area contributed by atoms with Crippen molar-refractivity contribution in [3.63, 3.8) is 0 Å². The Morgan fingerprint density at radius 2 is 1.68 bits per heavy atom. The molecule has 3 aromatic carbocycles. The van der Waals surface area contributed by atoms with Crippen molar-refractivity contribution < 1.29 is 24.1 Å². The second-order valence-electron chi connectivity index (χ2n) is 7.83. The number of imide groups is 1. The number of nitro groups is 1. The predicted octanol–water partition coefficient (Wildman–Crippen LogP) is 4.42. The SMILES string of the molecule is COc1ccc(Br)cc1[C@@H]1[C@@H]2C(=O)N(c3ccc([N+](=O)[O-])cc3)C(=O)[C@H]2ON1c1ccccc1. The van der Waals surface area contributed by atoms with Gasteiger partial charge in [-0.25, -0.2) is 9.96 Å². The second kappa shape index (κ2) is 8.54. The van der Waals surface area contributed by atoms with Crippen LogP contribution in [0.4, 0.5) is 17.1 Å². The van der Waals surface area contributed by atoms with Crippen LogP contribution in [-0.4, -0.2) is 30.0 Å². The summed E-state index contributed by atoms with van der Waals surface area (Å²) in [7, 11) is 1.54. The first-order valence-electron chi connectivity index (χ1n) is 10.4. The Bertz CT molecular complexity index is 1280. The van der Waals surface area contributed by atoms with E-state index in [4.69, 9.17) is 9.57 Å². The van der Waals surface area contributed by atoms with Gasteiger partial charge < -0.3 is 4.74 Å². The van der Waals surface area contributed by atoms with E-state index in [0.29, 0.717) is 17.0 Å². The van der Waals surface area contributed by atoms with E-state index in [-0.39, 0.29) is 11.4 Å². The van der Waals surface area contributed by atoms with Gasteiger partial charge in [-0.3, -0.25) is 24.5 Å². The third-order valence-corrected chi connectivity index (χ3v) is 6.45. The number of rotatable bonds is 5. The quantitative estimate of drug-likeness (QED) is 0.277. The van der Waals surface area contributed by atoms with Crippen molar-refractivity contribution in [2.24, 2.45) is 5.92 Å². The number of anilines is 2. The molecule has 0 unspecified atom stereocenters. The van der Waals surface area contributed by atoms with Crippen LogP contribution in [0.2, 0.25) is 0 Å². The van der Waals surface area contributed by atoms with Gasteiger partial charge in [0, 0.05) is 22.2 Å². The van der Waals surface area contributed by atoms with Gasteiger partial charge in [0.25, 0.3) is 11.6 Å². The minimum absolute atomic E-state index is 0.133. The summed E-state index contributed by atoms with van der Waals surface area (Å²) in [5.41, 5.74) is 1.49. The zero-order valence-corrected chi connectivity index (χ0v) is 19.4. The van der Waals surface area contributed by atoms with Gasteiger partial charge in [-0.2, -0.15) is 0 Å². The second-order valence-corrected chi connectivity index (χ2v) is 8.75. The molecule has 0 spiro atoms. The van der Waals surface area contributed by atoms with Crippen LogP contribution in [0.3, 0.4) is 0 Å². The Kier molecular flexibility index (Phi) is 5.54. The summed E-state index contributed by atoms with van der Waals surface area (Å²) in [4.78, 5) is 44.7. The molecule has 3 aromatic rings. The molecular weight excluding hydrogens is 506 g/mol. The Balaban J connectivity index is 1.60. The van der Waals surface area contributed by atoms with E-state index in [9.17, 15) is 19.7 Å². The first kappa shape index (κ1) is 22.1. The summed E-state index contributed by atoms with van der Waals surface area (Å²) < 4.78 is 6.36. The first-order chi connectivity index (χ1) is 16.4. The molecule has 2 amide bonds. The lowest BCUT2D eigenvalue weighted by atomic mass is 9.90. The maximum Gasteiger partial charge on any atom is 0.269 e. The van der Waals surface area contributed by atoms with E-state index in [1.165, 1.54) is 31.4 Å². The van der Waals surface area contributed by atoms with Crippen molar-refractivity contribution in [1.82, 2.24) is 0 Å². The minimum atomic E-state index is -1.06. The zero-order chi connectivity index (χ0) is 24.0. The Labute approximate surface area is 202 Å². The number of para-hydroxylation sites is 1. The fourth-order valence-electron chi connectivity index (χ4n) is 4.44. The van der Waals surface area contributed by atoms with E-state index in [1.807, 2.05) is 42.5 Å². The Morgan fingerprint density at radius 3 is 2.32 bits per heavy atom. The van der Waals surface area contributed by atoms with Crippen molar-refractivity contribution >= 4 is 44.8 Å². The number of fused-ring (bicyclic) bond motifs is 1. The third kappa shape index (κ3) is 3.51. The van der Waals surface area contributed by atoms with Crippen LogP contribution >= 0.6 is 15.9 Å². The fraction of sp³-hybridized carbons (Fsp3) is 0.167. The molecule has 2 fully saturated rings. The van der Waals surface area contributed by atoms with Crippen LogP contribution in [0, 0.1) is 16.0 Å². The number of carbonyl (C=O) groups is 2. The van der Waals surface area contributed by atoms with Gasteiger partial charge in [-0.1, -0.05) is 34.1 Å². The van der Waals surface area contributed by atoms with Gasteiger partial charge in [0.1, 0.15) is 11.7 Å². The number of hydrogen-bond acceptors (Lipinski definition) is 7. The summed E-state index contributed by atoms with van der Waals surface area (Å²) in [6, 6.07) is 19.3. The molecule has 172 valence electrons. The summed E-state index contributed by atoms with van der Waals surface area (Å²) in [6.45, 7) is 0. The maximum absolute atomic E-state index is 13.7. The average Bonchev–Trinajstić information content (AvgIpc) is 3.35. The molecule has 0 bridgehead atoms. The number of benzene rings is 3. The van der Waals surface area contributed by atoms with Crippen LogP contribution in [0.15, 0.2) is 77.3 Å². The highest BCUT2D eigenvalue weighted by atomic mass is 79.9. The maximum atomic E-state index is 13.7. The van der Waals surface area contributed by atoms with E-state index in [2.05, 4.69) is 15.9 Å². The van der Waals surface area contributed by atoms with Gasteiger partial charge in [0.15, 0.2) is 6.10 Å². The van der Waals surface area contributed by atoms with E-state index in [1.54, 1.807) is 11.1 Å². The summed E-state index contributed by atoms with van der Waals surface area (Å²) in [5, 5.41) is 12.6. The number of hydrogen-bond donors (Lipinski definition) is 0. The lowest BCUT2D eigenvalue weighted by Crippen LogP contribution is -2.37. The van der Waals surface area contributed by atoms with E-state index >= 15 is 0 Å². The molecule has 34 heavy (non-hydrogen) atoms. The molecule has 0 aromatic heterocycles. The minimum Gasteiger partial charge on any atom is -0.496 e. The number of hydroxylamine groups is 1. The molecular formula is C24H18BrN3O6. The molecule has 10 heteroatoms. The van der Waals surface area contributed by atoms with Gasteiger partial charge in [0.2, 0.25) is 5.91 Å². The molecule has 3 atom stereocenters. The van der Waals surface area contributed by atoms with Crippen LogP contribution in [-0.2, 0) is 14.4 Å². The number of nitrogens with zero attached hydrogens (tertiary/aromatic N) is 3. The molecule has 2 aliphatic rings. The first-order valence-corrected chi connectivity index (χ1v) is 11.2. The number of carbonyl (C=O) groups excluding carboxylic acids is 2. The fourth-order valence-corrected chi connectivity index (χ4v) is 4.82. The molecule has 2 heterocycles. The molecule has 0 radical (unpaired) electrons. The number of ether oxygens (including phenoxy) is 1. The standard InChI is InChI=1S/C24H18BrN3O6/c1-33-19-12-7-14(25)13-18(19)21-20-22(34-27(21)16-5-3-2-4-6-16)24(30)26(23(20)29)15-8-10-17(11-9-15)28(31)32/h2-13,20-22H,1H3/t20-,21+,22-/m0/s1. The topological polar surface area (TPSA) is 102 Å². The smallest absolute Gasteiger partial charge is 0.269 e.